The first-order chi connectivity index (χ1) is 7.45. The van der Waals surface area contributed by atoms with Crippen molar-refractivity contribution < 1.29 is 18.0 Å². The number of hydrazine groups is 1. The highest BCUT2D eigenvalue weighted by Gasteiger charge is 2.33. The quantitative estimate of drug-likeness (QED) is 0.465. The summed E-state index contributed by atoms with van der Waals surface area (Å²) in [6.45, 7) is 0. The standard InChI is InChI=1S/C9H10F3N3O/c10-9(11,12)6-2-1-5-14-7(6)3-4-8(16)15-13/h1-2,5H,3-4,13H2,(H,15,16). The average molecular weight is 233 g/mol. The highest BCUT2D eigenvalue weighted by atomic mass is 19.4. The summed E-state index contributed by atoms with van der Waals surface area (Å²) in [4.78, 5) is 14.4. The molecule has 0 unspecified atom stereocenters. The smallest absolute Gasteiger partial charge is 0.294 e. The third-order valence-electron chi connectivity index (χ3n) is 1.95. The molecule has 0 aliphatic rings. The van der Waals surface area contributed by atoms with Gasteiger partial charge in [0.2, 0.25) is 5.91 Å². The van der Waals surface area contributed by atoms with Gasteiger partial charge in [0.05, 0.1) is 11.3 Å². The van der Waals surface area contributed by atoms with Crippen molar-refractivity contribution >= 4 is 5.91 Å². The average Bonchev–Trinajstić information content (AvgIpc) is 2.25. The van der Waals surface area contributed by atoms with E-state index in [9.17, 15) is 18.0 Å². The molecule has 0 fully saturated rings. The van der Waals surface area contributed by atoms with Gasteiger partial charge in [0, 0.05) is 12.6 Å². The Hall–Kier alpha value is -1.63. The molecule has 0 radical (unpaired) electrons. The molecule has 0 aliphatic heterocycles. The molecule has 0 spiro atoms. The van der Waals surface area contributed by atoms with Crippen molar-refractivity contribution in [3.8, 4) is 0 Å². The van der Waals surface area contributed by atoms with Crippen LogP contribution in [0.2, 0.25) is 0 Å². The van der Waals surface area contributed by atoms with Gasteiger partial charge in [-0.05, 0) is 18.6 Å². The topological polar surface area (TPSA) is 68.0 Å². The highest BCUT2D eigenvalue weighted by Crippen LogP contribution is 2.31. The van der Waals surface area contributed by atoms with E-state index in [0.29, 0.717) is 0 Å². The van der Waals surface area contributed by atoms with E-state index in [4.69, 9.17) is 5.84 Å². The second-order valence-electron chi connectivity index (χ2n) is 3.06. The van der Waals surface area contributed by atoms with E-state index < -0.39 is 17.6 Å². The Bertz CT molecular complexity index is 379. The van der Waals surface area contributed by atoms with E-state index in [2.05, 4.69) is 4.98 Å². The van der Waals surface area contributed by atoms with Gasteiger partial charge in [0.1, 0.15) is 0 Å². The third kappa shape index (κ3) is 3.20. The maximum atomic E-state index is 12.5. The number of rotatable bonds is 3. The van der Waals surface area contributed by atoms with Crippen molar-refractivity contribution in [2.75, 3.05) is 0 Å². The van der Waals surface area contributed by atoms with Crippen molar-refractivity contribution in [3.05, 3.63) is 29.6 Å². The van der Waals surface area contributed by atoms with Crippen LogP contribution in [-0.4, -0.2) is 10.9 Å². The molecular weight excluding hydrogens is 223 g/mol. The fourth-order valence-electron chi connectivity index (χ4n) is 1.20. The number of hydrogen-bond donors (Lipinski definition) is 2. The molecule has 1 aromatic heterocycles. The number of amides is 1. The summed E-state index contributed by atoms with van der Waals surface area (Å²) in [6, 6.07) is 2.14. The molecule has 16 heavy (non-hydrogen) atoms. The summed E-state index contributed by atoms with van der Waals surface area (Å²) in [5, 5.41) is 0. The van der Waals surface area contributed by atoms with Gasteiger partial charge in [-0.25, -0.2) is 5.84 Å². The maximum Gasteiger partial charge on any atom is 0.418 e. The zero-order valence-corrected chi connectivity index (χ0v) is 8.21. The van der Waals surface area contributed by atoms with Crippen molar-refractivity contribution in [1.29, 1.82) is 0 Å². The maximum absolute atomic E-state index is 12.5. The fraction of sp³-hybridized carbons (Fsp3) is 0.333. The summed E-state index contributed by atoms with van der Waals surface area (Å²) in [6.07, 6.45) is -3.43. The van der Waals surface area contributed by atoms with Gasteiger partial charge in [0.25, 0.3) is 0 Å². The lowest BCUT2D eigenvalue weighted by Gasteiger charge is -2.10. The van der Waals surface area contributed by atoms with Gasteiger partial charge >= 0.3 is 6.18 Å². The number of aryl methyl sites for hydroxylation is 1. The summed E-state index contributed by atoms with van der Waals surface area (Å²) in [5.41, 5.74) is 0.872. The van der Waals surface area contributed by atoms with Crippen LogP contribution in [0.3, 0.4) is 0 Å². The Kier molecular flexibility index (Phi) is 3.83. The summed E-state index contributed by atoms with van der Waals surface area (Å²) in [7, 11) is 0. The molecule has 0 bridgehead atoms. The van der Waals surface area contributed by atoms with Crippen LogP contribution >= 0.6 is 0 Å². The van der Waals surface area contributed by atoms with Gasteiger partial charge in [-0.15, -0.1) is 0 Å². The zero-order chi connectivity index (χ0) is 12.2. The number of halogens is 3. The van der Waals surface area contributed by atoms with Crippen LogP contribution in [-0.2, 0) is 17.4 Å². The number of hydrogen-bond acceptors (Lipinski definition) is 3. The summed E-state index contributed by atoms with van der Waals surface area (Å²) in [5.74, 6) is 4.29. The number of carbonyl (C=O) groups excluding carboxylic acids is 1. The first kappa shape index (κ1) is 12.4. The molecule has 0 saturated carbocycles. The number of pyridine rings is 1. The minimum absolute atomic E-state index is 0.0985. The molecule has 7 heteroatoms. The molecule has 4 nitrogen and oxygen atoms in total. The monoisotopic (exact) mass is 233 g/mol. The number of alkyl halides is 3. The van der Waals surface area contributed by atoms with Gasteiger partial charge in [-0.1, -0.05) is 0 Å². The van der Waals surface area contributed by atoms with Gasteiger partial charge in [0.15, 0.2) is 0 Å². The van der Waals surface area contributed by atoms with Gasteiger partial charge in [-0.3, -0.25) is 15.2 Å². The number of nitrogens with zero attached hydrogens (tertiary/aromatic N) is 1. The van der Waals surface area contributed by atoms with Crippen molar-refractivity contribution in [2.24, 2.45) is 5.84 Å². The Labute approximate surface area is 89.6 Å². The number of aromatic nitrogens is 1. The predicted octanol–water partition coefficient (Wildman–Crippen LogP) is 1.02. The first-order valence-corrected chi connectivity index (χ1v) is 4.45. The molecule has 0 atom stereocenters. The van der Waals surface area contributed by atoms with Crippen LogP contribution in [0.15, 0.2) is 18.3 Å². The minimum atomic E-state index is -4.46. The van der Waals surface area contributed by atoms with E-state index in [1.807, 2.05) is 5.43 Å². The number of nitrogens with two attached hydrogens (primary N) is 1. The first-order valence-electron chi connectivity index (χ1n) is 4.45. The molecule has 0 aromatic carbocycles. The predicted molar refractivity (Wildman–Crippen MR) is 49.9 cm³/mol. The molecule has 1 amide bonds. The second-order valence-corrected chi connectivity index (χ2v) is 3.06. The van der Waals surface area contributed by atoms with Crippen LogP contribution in [0.25, 0.3) is 0 Å². The van der Waals surface area contributed by atoms with Crippen LogP contribution < -0.4 is 11.3 Å². The van der Waals surface area contributed by atoms with E-state index >= 15 is 0 Å². The Morgan fingerprint density at radius 3 is 2.75 bits per heavy atom. The molecule has 1 aromatic rings. The van der Waals surface area contributed by atoms with E-state index in [1.165, 1.54) is 12.3 Å². The lowest BCUT2D eigenvalue weighted by Crippen LogP contribution is -2.30. The molecule has 1 rings (SSSR count). The van der Waals surface area contributed by atoms with Crippen LogP contribution in [0, 0.1) is 0 Å². The van der Waals surface area contributed by atoms with Crippen LogP contribution in [0.1, 0.15) is 17.7 Å². The van der Waals surface area contributed by atoms with E-state index in [-0.39, 0.29) is 18.5 Å². The van der Waals surface area contributed by atoms with Crippen molar-refractivity contribution in [1.82, 2.24) is 10.4 Å². The summed E-state index contributed by atoms with van der Waals surface area (Å²) < 4.78 is 37.5. The molecular formula is C9H10F3N3O. The highest BCUT2D eigenvalue weighted by molar-refractivity contribution is 5.75. The normalized spacial score (nSPS) is 11.2. The Balaban J connectivity index is 2.84. The minimum Gasteiger partial charge on any atom is -0.294 e. The van der Waals surface area contributed by atoms with E-state index in [1.54, 1.807) is 0 Å². The molecule has 3 N–H and O–H groups in total. The van der Waals surface area contributed by atoms with E-state index in [0.717, 1.165) is 6.07 Å². The molecule has 0 saturated heterocycles. The third-order valence-corrected chi connectivity index (χ3v) is 1.95. The SMILES string of the molecule is NNC(=O)CCc1ncccc1C(F)(F)F. The van der Waals surface area contributed by atoms with Crippen LogP contribution in [0.4, 0.5) is 13.2 Å². The largest absolute Gasteiger partial charge is 0.418 e. The summed E-state index contributed by atoms with van der Waals surface area (Å²) >= 11 is 0. The Morgan fingerprint density at radius 2 is 2.19 bits per heavy atom. The molecule has 88 valence electrons. The molecule has 0 aliphatic carbocycles. The Morgan fingerprint density at radius 1 is 1.50 bits per heavy atom. The lowest BCUT2D eigenvalue weighted by molar-refractivity contribution is -0.138. The number of nitrogens with one attached hydrogen (secondary N) is 1. The van der Waals surface area contributed by atoms with Crippen molar-refractivity contribution in [3.63, 3.8) is 0 Å². The second kappa shape index (κ2) is 4.93. The number of carbonyl (C=O) groups is 1. The van der Waals surface area contributed by atoms with Crippen LogP contribution in [0.5, 0.6) is 0 Å². The van der Waals surface area contributed by atoms with Gasteiger partial charge in [-0.2, -0.15) is 13.2 Å². The zero-order valence-electron chi connectivity index (χ0n) is 8.21. The fourth-order valence-corrected chi connectivity index (χ4v) is 1.20. The van der Waals surface area contributed by atoms with Crippen molar-refractivity contribution in [2.45, 2.75) is 19.0 Å². The lowest BCUT2D eigenvalue weighted by atomic mass is 10.1. The van der Waals surface area contributed by atoms with Gasteiger partial charge < -0.3 is 0 Å². The molecule has 1 heterocycles.